The van der Waals surface area contributed by atoms with Gasteiger partial charge in [0.2, 0.25) is 0 Å². The van der Waals surface area contributed by atoms with Gasteiger partial charge in [-0.3, -0.25) is 4.79 Å². The fraction of sp³-hybridized carbons (Fsp3) is 0.167. The average molecular weight is 416 g/mol. The second-order valence-electron chi connectivity index (χ2n) is 7.57. The van der Waals surface area contributed by atoms with Gasteiger partial charge in [0.15, 0.2) is 0 Å². The second kappa shape index (κ2) is 8.02. The van der Waals surface area contributed by atoms with E-state index >= 15 is 0 Å². The Bertz CT molecular complexity index is 1260. The van der Waals surface area contributed by atoms with Crippen LogP contribution in [-0.4, -0.2) is 42.4 Å². The number of aromatic hydroxyl groups is 2. The number of benzene rings is 2. The fourth-order valence-corrected chi connectivity index (χ4v) is 3.64. The van der Waals surface area contributed by atoms with Crippen molar-refractivity contribution in [2.75, 3.05) is 7.05 Å². The Morgan fingerprint density at radius 1 is 1.06 bits per heavy atom. The number of nitrogens with zero attached hydrogens (tertiary/aromatic N) is 4. The molecule has 31 heavy (non-hydrogen) atoms. The SMILES string of the molecule is Cc1ccccc1-n1nccc1-c1cc(C(=O)N(C)Cc2cccn2C)c(O)cc1O. The van der Waals surface area contributed by atoms with Crippen molar-refractivity contribution in [2.24, 2.45) is 7.05 Å². The van der Waals surface area contributed by atoms with Crippen molar-refractivity contribution in [3.63, 3.8) is 0 Å². The van der Waals surface area contributed by atoms with Gasteiger partial charge in [0.1, 0.15) is 11.5 Å². The standard InChI is InChI=1S/C24H24N4O3/c1-16-7-4-5-9-20(16)28-21(10-11-25-28)18-13-19(23(30)14-22(18)29)24(31)27(3)15-17-8-6-12-26(17)2/h4-14,29-30H,15H2,1-3H3. The van der Waals surface area contributed by atoms with Gasteiger partial charge in [0.25, 0.3) is 5.91 Å². The molecule has 0 fully saturated rings. The molecule has 4 aromatic rings. The molecule has 7 heteroatoms. The van der Waals surface area contributed by atoms with Crippen molar-refractivity contribution in [2.45, 2.75) is 13.5 Å². The molecule has 1 amide bonds. The topological polar surface area (TPSA) is 83.5 Å². The molecule has 0 saturated heterocycles. The fourth-order valence-electron chi connectivity index (χ4n) is 3.64. The summed E-state index contributed by atoms with van der Waals surface area (Å²) in [6.45, 7) is 2.37. The lowest BCUT2D eigenvalue weighted by atomic mass is 10.0. The molecule has 0 unspecified atom stereocenters. The van der Waals surface area contributed by atoms with Crippen molar-refractivity contribution in [1.29, 1.82) is 0 Å². The Morgan fingerprint density at radius 3 is 2.55 bits per heavy atom. The van der Waals surface area contributed by atoms with Gasteiger partial charge < -0.3 is 19.7 Å². The van der Waals surface area contributed by atoms with Crippen molar-refractivity contribution < 1.29 is 15.0 Å². The van der Waals surface area contributed by atoms with Crippen LogP contribution in [0.2, 0.25) is 0 Å². The summed E-state index contributed by atoms with van der Waals surface area (Å²) in [7, 11) is 3.59. The third-order valence-electron chi connectivity index (χ3n) is 5.40. The number of carbonyl (C=O) groups excluding carboxylic acids is 1. The lowest BCUT2D eigenvalue weighted by Crippen LogP contribution is -2.27. The highest BCUT2D eigenvalue weighted by Gasteiger charge is 2.22. The Kier molecular flexibility index (Phi) is 5.25. The molecular formula is C24H24N4O3. The molecule has 0 aliphatic carbocycles. The minimum absolute atomic E-state index is 0.113. The maximum Gasteiger partial charge on any atom is 0.257 e. The van der Waals surface area contributed by atoms with Crippen molar-refractivity contribution >= 4 is 5.91 Å². The quantitative estimate of drug-likeness (QED) is 0.517. The van der Waals surface area contributed by atoms with E-state index in [0.717, 1.165) is 16.9 Å². The maximum absolute atomic E-state index is 13.1. The van der Waals surface area contributed by atoms with Crippen molar-refractivity contribution in [3.8, 4) is 28.4 Å². The number of carbonyl (C=O) groups is 1. The molecule has 0 spiro atoms. The first-order chi connectivity index (χ1) is 14.9. The summed E-state index contributed by atoms with van der Waals surface area (Å²) >= 11 is 0. The van der Waals surface area contributed by atoms with E-state index in [0.29, 0.717) is 17.8 Å². The van der Waals surface area contributed by atoms with Gasteiger partial charge in [0, 0.05) is 37.6 Å². The van der Waals surface area contributed by atoms with Gasteiger partial charge in [0.05, 0.1) is 29.7 Å². The summed E-state index contributed by atoms with van der Waals surface area (Å²) in [4.78, 5) is 14.6. The van der Waals surface area contributed by atoms with Crippen LogP contribution in [0.15, 0.2) is 67.0 Å². The van der Waals surface area contributed by atoms with E-state index in [2.05, 4.69) is 5.10 Å². The Balaban J connectivity index is 1.73. The van der Waals surface area contributed by atoms with E-state index in [9.17, 15) is 15.0 Å². The zero-order chi connectivity index (χ0) is 22.1. The molecule has 158 valence electrons. The number of phenols is 2. The Hall–Kier alpha value is -4.00. The first-order valence-corrected chi connectivity index (χ1v) is 9.89. The molecule has 2 aromatic heterocycles. The largest absolute Gasteiger partial charge is 0.507 e. The van der Waals surface area contributed by atoms with Gasteiger partial charge >= 0.3 is 0 Å². The average Bonchev–Trinajstić information content (AvgIpc) is 3.37. The van der Waals surface area contributed by atoms with E-state index in [1.807, 2.05) is 61.1 Å². The number of aryl methyl sites for hydroxylation is 2. The summed E-state index contributed by atoms with van der Waals surface area (Å²) in [6, 6.07) is 16.1. The lowest BCUT2D eigenvalue weighted by Gasteiger charge is -2.19. The van der Waals surface area contributed by atoms with Crippen LogP contribution in [0, 0.1) is 6.92 Å². The molecule has 0 aliphatic heterocycles. The smallest absolute Gasteiger partial charge is 0.257 e. The van der Waals surface area contributed by atoms with Crippen LogP contribution >= 0.6 is 0 Å². The second-order valence-corrected chi connectivity index (χ2v) is 7.57. The van der Waals surface area contributed by atoms with E-state index in [4.69, 9.17) is 0 Å². The molecular weight excluding hydrogens is 392 g/mol. The summed E-state index contributed by atoms with van der Waals surface area (Å²) in [5.41, 5.74) is 3.99. The van der Waals surface area contributed by atoms with Gasteiger partial charge in [-0.05, 0) is 42.8 Å². The summed E-state index contributed by atoms with van der Waals surface area (Å²) in [5.74, 6) is -0.747. The predicted octanol–water partition coefficient (Wildman–Crippen LogP) is 3.87. The molecule has 0 saturated carbocycles. The molecule has 7 nitrogen and oxygen atoms in total. The van der Waals surface area contributed by atoms with Crippen LogP contribution in [-0.2, 0) is 13.6 Å². The highest BCUT2D eigenvalue weighted by molar-refractivity contribution is 5.98. The van der Waals surface area contributed by atoms with Gasteiger partial charge in [-0.15, -0.1) is 0 Å². The molecule has 4 rings (SSSR count). The highest BCUT2D eigenvalue weighted by atomic mass is 16.3. The molecule has 2 N–H and O–H groups in total. The van der Waals surface area contributed by atoms with Crippen LogP contribution < -0.4 is 0 Å². The molecule has 2 heterocycles. The van der Waals surface area contributed by atoms with Gasteiger partial charge in [-0.2, -0.15) is 5.10 Å². The first kappa shape index (κ1) is 20.3. The van der Waals surface area contributed by atoms with Gasteiger partial charge in [-0.1, -0.05) is 18.2 Å². The number of amides is 1. The Morgan fingerprint density at radius 2 is 1.84 bits per heavy atom. The van der Waals surface area contributed by atoms with Crippen LogP contribution in [0.3, 0.4) is 0 Å². The van der Waals surface area contributed by atoms with Crippen LogP contribution in [0.25, 0.3) is 16.9 Å². The minimum Gasteiger partial charge on any atom is -0.507 e. The van der Waals surface area contributed by atoms with E-state index in [1.165, 1.54) is 17.0 Å². The molecule has 0 atom stereocenters. The zero-order valence-corrected chi connectivity index (χ0v) is 17.6. The third kappa shape index (κ3) is 3.77. The third-order valence-corrected chi connectivity index (χ3v) is 5.40. The number of aromatic nitrogens is 3. The number of hydrogen-bond donors (Lipinski definition) is 2. The van der Waals surface area contributed by atoms with Gasteiger partial charge in [-0.25, -0.2) is 4.68 Å². The normalized spacial score (nSPS) is 10.9. The number of rotatable bonds is 5. The number of para-hydroxylation sites is 1. The predicted molar refractivity (Wildman–Crippen MR) is 118 cm³/mol. The van der Waals surface area contributed by atoms with Crippen LogP contribution in [0.4, 0.5) is 0 Å². The first-order valence-electron chi connectivity index (χ1n) is 9.89. The highest BCUT2D eigenvalue weighted by Crippen LogP contribution is 2.36. The summed E-state index contributed by atoms with van der Waals surface area (Å²) in [5, 5.41) is 25.4. The maximum atomic E-state index is 13.1. The Labute approximate surface area is 180 Å². The van der Waals surface area contributed by atoms with E-state index in [-0.39, 0.29) is 23.0 Å². The van der Waals surface area contributed by atoms with Crippen molar-refractivity contribution in [3.05, 3.63) is 83.8 Å². The summed E-state index contributed by atoms with van der Waals surface area (Å²) in [6.07, 6.45) is 3.55. The number of hydrogen-bond acceptors (Lipinski definition) is 4. The molecule has 0 bridgehead atoms. The molecule has 0 radical (unpaired) electrons. The summed E-state index contributed by atoms with van der Waals surface area (Å²) < 4.78 is 3.65. The zero-order valence-electron chi connectivity index (χ0n) is 17.6. The van der Waals surface area contributed by atoms with Crippen LogP contribution in [0.5, 0.6) is 11.5 Å². The van der Waals surface area contributed by atoms with Crippen LogP contribution in [0.1, 0.15) is 21.6 Å². The monoisotopic (exact) mass is 416 g/mol. The lowest BCUT2D eigenvalue weighted by molar-refractivity contribution is 0.0779. The minimum atomic E-state index is -0.345. The number of phenolic OH excluding ortho intramolecular Hbond substituents is 2. The molecule has 2 aromatic carbocycles. The van der Waals surface area contributed by atoms with E-state index < -0.39 is 0 Å². The van der Waals surface area contributed by atoms with Crippen molar-refractivity contribution in [1.82, 2.24) is 19.2 Å². The van der Waals surface area contributed by atoms with E-state index in [1.54, 1.807) is 24.0 Å². The molecule has 0 aliphatic rings.